The molecule has 1 atom stereocenters. The molecular formula is C20H23N5O3S. The van der Waals surface area contributed by atoms with Crippen molar-refractivity contribution < 1.29 is 5.11 Å². The number of anilines is 1. The monoisotopic (exact) mass is 413 g/mol. The van der Waals surface area contributed by atoms with Gasteiger partial charge in [0.25, 0.3) is 5.56 Å². The first-order valence-corrected chi connectivity index (χ1v) is 10.3. The minimum atomic E-state index is -0.402. The van der Waals surface area contributed by atoms with Gasteiger partial charge in [0, 0.05) is 31.4 Å². The van der Waals surface area contributed by atoms with Gasteiger partial charge in [0.2, 0.25) is 5.95 Å². The Labute approximate surface area is 170 Å². The number of aliphatic hydroxyl groups excluding tert-OH is 1. The van der Waals surface area contributed by atoms with Gasteiger partial charge in [0.15, 0.2) is 11.2 Å². The van der Waals surface area contributed by atoms with E-state index >= 15 is 0 Å². The van der Waals surface area contributed by atoms with Crippen molar-refractivity contribution in [2.75, 3.05) is 11.9 Å². The van der Waals surface area contributed by atoms with Gasteiger partial charge in [-0.3, -0.25) is 13.9 Å². The van der Waals surface area contributed by atoms with Crippen molar-refractivity contribution in [1.82, 2.24) is 18.7 Å². The first-order chi connectivity index (χ1) is 13.9. The lowest BCUT2D eigenvalue weighted by atomic mass is 10.1. The molecule has 3 aromatic heterocycles. The fraction of sp³-hybridized carbons (Fsp3) is 0.350. The van der Waals surface area contributed by atoms with Crippen LogP contribution in [0, 0.1) is 0 Å². The van der Waals surface area contributed by atoms with E-state index in [1.54, 1.807) is 30.0 Å². The van der Waals surface area contributed by atoms with Gasteiger partial charge in [-0.15, -0.1) is 11.3 Å². The van der Waals surface area contributed by atoms with Crippen LogP contribution >= 0.6 is 11.3 Å². The van der Waals surface area contributed by atoms with Crippen molar-refractivity contribution in [1.29, 1.82) is 0 Å². The van der Waals surface area contributed by atoms with Crippen LogP contribution in [0.1, 0.15) is 18.9 Å². The fourth-order valence-electron chi connectivity index (χ4n) is 3.50. The second-order valence-corrected chi connectivity index (χ2v) is 8.20. The summed E-state index contributed by atoms with van der Waals surface area (Å²) in [4.78, 5) is 30.5. The maximum atomic E-state index is 13.2. The van der Waals surface area contributed by atoms with E-state index in [1.165, 1.54) is 13.8 Å². The molecule has 0 amide bonds. The van der Waals surface area contributed by atoms with Gasteiger partial charge in [-0.1, -0.05) is 6.07 Å². The molecule has 0 radical (unpaired) electrons. The van der Waals surface area contributed by atoms with Crippen molar-refractivity contribution in [2.24, 2.45) is 14.1 Å². The normalized spacial score (nSPS) is 12.7. The molecule has 4 rings (SSSR count). The SMILES string of the molecule is CC(CCO)Nc1nc2c(c(=O)n(Cc3ccc4sccc4c3)c(=O)n2C)n1C. The van der Waals surface area contributed by atoms with Gasteiger partial charge >= 0.3 is 5.69 Å². The molecule has 0 spiro atoms. The Bertz CT molecular complexity index is 1310. The average molecular weight is 414 g/mol. The lowest BCUT2D eigenvalue weighted by Crippen LogP contribution is -2.39. The Morgan fingerprint density at radius 2 is 2.00 bits per heavy atom. The van der Waals surface area contributed by atoms with Gasteiger partial charge in [-0.05, 0) is 47.9 Å². The third-order valence-electron chi connectivity index (χ3n) is 5.16. The number of aromatic nitrogens is 4. The van der Waals surface area contributed by atoms with Crippen molar-refractivity contribution in [3.05, 3.63) is 56.0 Å². The number of hydrogen-bond acceptors (Lipinski definition) is 6. The average Bonchev–Trinajstić information content (AvgIpc) is 3.28. The van der Waals surface area contributed by atoms with Crippen LogP contribution in [-0.4, -0.2) is 36.4 Å². The lowest BCUT2D eigenvalue weighted by molar-refractivity contribution is 0.282. The number of fused-ring (bicyclic) bond motifs is 2. The third kappa shape index (κ3) is 3.36. The van der Waals surface area contributed by atoms with Crippen LogP contribution in [0.4, 0.5) is 5.95 Å². The van der Waals surface area contributed by atoms with Crippen molar-refractivity contribution >= 4 is 38.5 Å². The molecule has 8 nitrogen and oxygen atoms in total. The molecule has 1 aromatic carbocycles. The second kappa shape index (κ2) is 7.49. The van der Waals surface area contributed by atoms with Gasteiger partial charge in [-0.2, -0.15) is 4.98 Å². The van der Waals surface area contributed by atoms with Crippen LogP contribution in [0.2, 0.25) is 0 Å². The summed E-state index contributed by atoms with van der Waals surface area (Å²) >= 11 is 1.66. The highest BCUT2D eigenvalue weighted by Gasteiger charge is 2.19. The topological polar surface area (TPSA) is 94.1 Å². The molecule has 9 heteroatoms. The van der Waals surface area contributed by atoms with Gasteiger partial charge in [0.1, 0.15) is 0 Å². The zero-order valence-corrected chi connectivity index (χ0v) is 17.4. The van der Waals surface area contributed by atoms with Crippen LogP contribution < -0.4 is 16.6 Å². The van der Waals surface area contributed by atoms with Gasteiger partial charge in [0.05, 0.1) is 6.54 Å². The van der Waals surface area contributed by atoms with Crippen LogP contribution in [0.3, 0.4) is 0 Å². The molecule has 4 aromatic rings. The molecular weight excluding hydrogens is 390 g/mol. The number of nitrogens with one attached hydrogen (secondary N) is 1. The van der Waals surface area contributed by atoms with E-state index in [9.17, 15) is 9.59 Å². The minimum Gasteiger partial charge on any atom is -0.396 e. The molecule has 0 bridgehead atoms. The van der Waals surface area contributed by atoms with Gasteiger partial charge < -0.3 is 15.0 Å². The predicted molar refractivity (Wildman–Crippen MR) is 116 cm³/mol. The summed E-state index contributed by atoms with van der Waals surface area (Å²) in [6.45, 7) is 2.17. The highest BCUT2D eigenvalue weighted by Crippen LogP contribution is 2.22. The highest BCUT2D eigenvalue weighted by molar-refractivity contribution is 7.17. The van der Waals surface area contributed by atoms with E-state index in [-0.39, 0.29) is 24.8 Å². The van der Waals surface area contributed by atoms with E-state index in [2.05, 4.69) is 10.3 Å². The molecule has 152 valence electrons. The maximum Gasteiger partial charge on any atom is 0.332 e. The predicted octanol–water partition coefficient (Wildman–Crippen LogP) is 1.88. The van der Waals surface area contributed by atoms with E-state index in [1.807, 2.05) is 36.6 Å². The van der Waals surface area contributed by atoms with E-state index < -0.39 is 5.69 Å². The standard InChI is InChI=1S/C20H23N5O3S/c1-12(6-8-26)21-19-22-17-16(23(19)2)18(27)25(20(28)24(17)3)11-13-4-5-15-14(10-13)7-9-29-15/h4-5,7,9-10,12,26H,6,8,11H2,1-3H3,(H,21,22). The van der Waals surface area contributed by atoms with E-state index in [0.717, 1.165) is 10.9 Å². The van der Waals surface area contributed by atoms with Crippen molar-refractivity contribution in [2.45, 2.75) is 25.9 Å². The maximum absolute atomic E-state index is 13.2. The summed E-state index contributed by atoms with van der Waals surface area (Å²) < 4.78 is 5.49. The number of hydrogen-bond donors (Lipinski definition) is 2. The summed E-state index contributed by atoms with van der Waals surface area (Å²) in [6.07, 6.45) is 0.553. The number of imidazole rings is 1. The van der Waals surface area contributed by atoms with Crippen LogP contribution in [0.25, 0.3) is 21.3 Å². The lowest BCUT2D eigenvalue weighted by Gasteiger charge is -2.12. The molecule has 0 saturated heterocycles. The van der Waals surface area contributed by atoms with Gasteiger partial charge in [-0.25, -0.2) is 4.79 Å². The Balaban J connectivity index is 1.81. The summed E-state index contributed by atoms with van der Waals surface area (Å²) in [5.41, 5.74) is 0.826. The quantitative estimate of drug-likeness (QED) is 0.503. The number of aliphatic hydroxyl groups is 1. The Hall–Kier alpha value is -2.91. The molecule has 29 heavy (non-hydrogen) atoms. The molecule has 0 fully saturated rings. The number of benzene rings is 1. The fourth-order valence-corrected chi connectivity index (χ4v) is 4.27. The molecule has 0 aliphatic carbocycles. The Morgan fingerprint density at radius 3 is 2.76 bits per heavy atom. The molecule has 2 N–H and O–H groups in total. The number of thiophene rings is 1. The molecule has 3 heterocycles. The number of rotatable bonds is 6. The smallest absolute Gasteiger partial charge is 0.332 e. The molecule has 1 unspecified atom stereocenters. The molecule has 0 aliphatic rings. The van der Waals surface area contributed by atoms with Crippen LogP contribution in [0.5, 0.6) is 0 Å². The first kappa shape index (κ1) is 19.4. The summed E-state index contributed by atoms with van der Waals surface area (Å²) in [5.74, 6) is 0.491. The first-order valence-electron chi connectivity index (χ1n) is 9.40. The zero-order valence-electron chi connectivity index (χ0n) is 16.5. The van der Waals surface area contributed by atoms with Crippen LogP contribution in [-0.2, 0) is 20.6 Å². The third-order valence-corrected chi connectivity index (χ3v) is 6.05. The molecule has 0 aliphatic heterocycles. The number of aryl methyl sites for hydroxylation is 2. The second-order valence-electron chi connectivity index (χ2n) is 7.25. The Morgan fingerprint density at radius 1 is 1.21 bits per heavy atom. The summed E-state index contributed by atoms with van der Waals surface area (Å²) in [7, 11) is 3.37. The summed E-state index contributed by atoms with van der Waals surface area (Å²) in [5, 5.41) is 15.4. The highest BCUT2D eigenvalue weighted by atomic mass is 32.1. The zero-order chi connectivity index (χ0) is 20.7. The largest absolute Gasteiger partial charge is 0.396 e. The van der Waals surface area contributed by atoms with Crippen LogP contribution in [0.15, 0.2) is 39.2 Å². The van der Waals surface area contributed by atoms with Crippen molar-refractivity contribution in [3.8, 4) is 0 Å². The number of nitrogens with zero attached hydrogens (tertiary/aromatic N) is 4. The summed E-state index contributed by atoms with van der Waals surface area (Å²) in [6, 6.07) is 7.97. The van der Waals surface area contributed by atoms with E-state index in [4.69, 9.17) is 5.11 Å². The Kier molecular flexibility index (Phi) is 5.01. The minimum absolute atomic E-state index is 0.0212. The van der Waals surface area contributed by atoms with Crippen molar-refractivity contribution in [3.63, 3.8) is 0 Å². The molecule has 0 saturated carbocycles. The van der Waals surface area contributed by atoms with E-state index in [0.29, 0.717) is 23.5 Å².